The first-order chi connectivity index (χ1) is 19.1. The van der Waals surface area contributed by atoms with Crippen LogP contribution in [0.2, 0.25) is 0 Å². The van der Waals surface area contributed by atoms with E-state index in [0.717, 1.165) is 11.1 Å². The Balaban J connectivity index is 1.97. The third-order valence-corrected chi connectivity index (χ3v) is 10.9. The molecule has 1 atom stereocenters. The number of rotatable bonds is 18. The molecule has 0 radical (unpaired) electrons. The molecule has 0 aliphatic carbocycles. The topological polar surface area (TPSA) is 157 Å². The van der Waals surface area contributed by atoms with E-state index >= 15 is 0 Å². The summed E-state index contributed by atoms with van der Waals surface area (Å²) in [4.78, 5) is 9.01. The monoisotopic (exact) mass is 633 g/mol. The minimum Gasteiger partial charge on any atom is -0.394 e. The van der Waals surface area contributed by atoms with E-state index < -0.39 is 22.3 Å². The van der Waals surface area contributed by atoms with Crippen LogP contribution < -0.4 is 9.36 Å². The predicted octanol–water partition coefficient (Wildman–Crippen LogP) is 6.14. The Morgan fingerprint density at radius 2 is 1.45 bits per heavy atom. The molecule has 0 saturated heterocycles. The molecule has 1 unspecified atom stereocenters. The maximum absolute atomic E-state index is 12.7. The van der Waals surface area contributed by atoms with Crippen molar-refractivity contribution in [2.24, 2.45) is 10.4 Å². The molecule has 0 aliphatic rings. The van der Waals surface area contributed by atoms with Gasteiger partial charge < -0.3 is 22.9 Å². The lowest BCUT2D eigenvalue weighted by Crippen LogP contribution is -2.29. The summed E-state index contributed by atoms with van der Waals surface area (Å²) in [5.41, 5.74) is 10.0. The fourth-order valence-electron chi connectivity index (χ4n) is 3.08. The van der Waals surface area contributed by atoms with Crippen molar-refractivity contribution in [1.82, 2.24) is 9.68 Å². The molecule has 0 bridgehead atoms. The van der Waals surface area contributed by atoms with Crippen LogP contribution in [0.1, 0.15) is 11.1 Å². The molecular formula is C22H32N6O8P3S+. The van der Waals surface area contributed by atoms with Crippen molar-refractivity contribution in [2.75, 3.05) is 54.6 Å². The van der Waals surface area contributed by atoms with E-state index in [1.165, 1.54) is 28.4 Å². The van der Waals surface area contributed by atoms with Crippen LogP contribution in [0.4, 0.5) is 0 Å². The van der Waals surface area contributed by atoms with Gasteiger partial charge in [0.2, 0.25) is 11.8 Å². The number of hydrogen-bond acceptors (Lipinski definition) is 12. The Bertz CT molecular complexity index is 1230. The van der Waals surface area contributed by atoms with Gasteiger partial charge in [-0.3, -0.25) is 18.6 Å². The lowest BCUT2D eigenvalue weighted by molar-refractivity contribution is 0.224. The molecule has 0 heterocycles. The molecule has 0 aliphatic heterocycles. The normalized spacial score (nSPS) is 12.3. The minimum absolute atomic E-state index is 0.0847. The third-order valence-electron chi connectivity index (χ3n) is 5.36. The van der Waals surface area contributed by atoms with Crippen LogP contribution in [-0.2, 0) is 45.5 Å². The predicted molar refractivity (Wildman–Crippen MR) is 156 cm³/mol. The Morgan fingerprint density at radius 3 is 1.95 bits per heavy atom. The van der Waals surface area contributed by atoms with Gasteiger partial charge in [0.1, 0.15) is 23.6 Å². The number of benzene rings is 2. The molecule has 0 N–H and O–H groups in total. The van der Waals surface area contributed by atoms with Gasteiger partial charge in [-0.15, -0.1) is 5.10 Å². The largest absolute Gasteiger partial charge is 0.540 e. The Morgan fingerprint density at radius 1 is 0.925 bits per heavy atom. The van der Waals surface area contributed by atoms with Crippen LogP contribution in [0.15, 0.2) is 58.9 Å². The van der Waals surface area contributed by atoms with E-state index in [2.05, 4.69) is 15.3 Å². The minimum atomic E-state index is -3.40. The molecule has 2 aromatic carbocycles. The fourth-order valence-corrected chi connectivity index (χ4v) is 6.40. The highest BCUT2D eigenvalue weighted by atomic mass is 32.4. The summed E-state index contributed by atoms with van der Waals surface area (Å²) in [5, 5.41) is 7.37. The molecule has 2 rings (SSSR count). The number of hydrazone groups is 1. The van der Waals surface area contributed by atoms with Crippen molar-refractivity contribution >= 4 is 40.3 Å². The summed E-state index contributed by atoms with van der Waals surface area (Å²) in [5.74, 6) is 0.984. The van der Waals surface area contributed by atoms with Crippen molar-refractivity contribution in [1.29, 1.82) is 0 Å². The molecule has 0 aromatic heterocycles. The van der Waals surface area contributed by atoms with E-state index in [4.69, 9.17) is 44.8 Å². The van der Waals surface area contributed by atoms with E-state index in [1.807, 2.05) is 12.1 Å². The van der Waals surface area contributed by atoms with Crippen LogP contribution in [0.3, 0.4) is 0 Å². The molecule has 0 fully saturated rings. The molecule has 14 nitrogen and oxygen atoms in total. The van der Waals surface area contributed by atoms with Crippen molar-refractivity contribution in [3.8, 4) is 11.5 Å². The molecule has 0 amide bonds. The van der Waals surface area contributed by atoms with Crippen LogP contribution in [0.5, 0.6) is 11.5 Å². The zero-order chi connectivity index (χ0) is 29.6. The zero-order valence-electron chi connectivity index (χ0n) is 22.7. The Hall–Kier alpha value is -2.40. The molecular weight excluding hydrogens is 601 g/mol. The smallest absolute Gasteiger partial charge is 0.394 e. The van der Waals surface area contributed by atoms with Crippen LogP contribution in [0, 0.1) is 0 Å². The average Bonchev–Trinajstić information content (AvgIpc) is 2.98. The van der Waals surface area contributed by atoms with Gasteiger partial charge in [0, 0.05) is 39.9 Å². The molecule has 218 valence electrons. The van der Waals surface area contributed by atoms with Gasteiger partial charge in [-0.05, 0) is 59.5 Å². The van der Waals surface area contributed by atoms with Gasteiger partial charge in [0.15, 0.2) is 5.75 Å². The molecule has 0 saturated carbocycles. The standard InChI is InChI=1S/C22H32N6O8P3S/c1-27(24-16-20-8-10-21(11-9-20)35-26-25-23)37(40)36-22-12-6-19(7-13-22)14-15-28(17-38(29,31-2)32-3)18-39(30,33-4)34-5/h6-13,16H,14-15,17-18H2,1-5H3/q+1/b24-16+. The highest BCUT2D eigenvalue weighted by molar-refractivity contribution is 8.02. The second kappa shape index (κ2) is 16.8. The van der Waals surface area contributed by atoms with Gasteiger partial charge in [0.05, 0.1) is 13.3 Å². The maximum atomic E-state index is 12.7. The first-order valence-electron chi connectivity index (χ1n) is 11.6. The van der Waals surface area contributed by atoms with Gasteiger partial charge in [-0.1, -0.05) is 16.9 Å². The van der Waals surface area contributed by atoms with Crippen LogP contribution in [-0.4, -0.2) is 70.5 Å². The average molecular weight is 634 g/mol. The maximum Gasteiger partial charge on any atom is 0.540 e. The second-order valence-electron chi connectivity index (χ2n) is 7.92. The SMILES string of the molecule is COP(=O)(CN(CCc1ccc(O[P+](=S)N(C)/N=C/c2ccc(ON=[N+]=[N-])cc2)cc1)CP(=O)(OC)OC)OC. The summed E-state index contributed by atoms with van der Waals surface area (Å²) >= 11 is 5.47. The van der Waals surface area contributed by atoms with Crippen molar-refractivity contribution < 1.29 is 36.6 Å². The fraction of sp³-hybridized carbons (Fsp3) is 0.409. The highest BCUT2D eigenvalue weighted by Crippen LogP contribution is 2.51. The molecule has 0 spiro atoms. The summed E-state index contributed by atoms with van der Waals surface area (Å²) in [7, 11) is -1.38. The lowest BCUT2D eigenvalue weighted by atomic mass is 10.1. The summed E-state index contributed by atoms with van der Waals surface area (Å²) in [6, 6.07) is 14.1. The number of azide groups is 1. The Labute approximate surface area is 239 Å². The van der Waals surface area contributed by atoms with Crippen molar-refractivity contribution in [2.45, 2.75) is 6.42 Å². The summed E-state index contributed by atoms with van der Waals surface area (Å²) in [6.45, 7) is 0.386. The highest BCUT2D eigenvalue weighted by Gasteiger charge is 2.31. The van der Waals surface area contributed by atoms with E-state index in [-0.39, 0.29) is 12.6 Å². The van der Waals surface area contributed by atoms with Gasteiger partial charge in [-0.25, -0.2) is 0 Å². The summed E-state index contributed by atoms with van der Waals surface area (Å²) in [6.07, 6.45) is 1.99. The zero-order valence-corrected chi connectivity index (χ0v) is 26.2. The molecule has 40 heavy (non-hydrogen) atoms. The molecule has 18 heteroatoms. The van der Waals surface area contributed by atoms with E-state index in [9.17, 15) is 9.13 Å². The summed E-state index contributed by atoms with van der Waals surface area (Å²) < 4.78 is 53.0. The van der Waals surface area contributed by atoms with Crippen LogP contribution >= 0.6 is 22.3 Å². The third kappa shape index (κ3) is 11.2. The van der Waals surface area contributed by atoms with Gasteiger partial charge >= 0.3 is 22.3 Å². The number of nitrogens with zero attached hydrogens (tertiary/aromatic N) is 6. The van der Waals surface area contributed by atoms with Crippen LogP contribution in [0.25, 0.3) is 10.4 Å². The van der Waals surface area contributed by atoms with Crippen molar-refractivity contribution in [3.63, 3.8) is 0 Å². The molecule has 2 aromatic rings. The first-order valence-corrected chi connectivity index (χ1v) is 17.2. The van der Waals surface area contributed by atoms with Gasteiger partial charge in [-0.2, -0.15) is 0 Å². The quantitative estimate of drug-likeness (QED) is 0.0464. The van der Waals surface area contributed by atoms with Gasteiger partial charge in [0.25, 0.3) is 0 Å². The Kier molecular flexibility index (Phi) is 14.2. The lowest BCUT2D eigenvalue weighted by Gasteiger charge is -2.27. The second-order valence-corrected chi connectivity index (χ2v) is 14.6. The van der Waals surface area contributed by atoms with E-state index in [0.29, 0.717) is 24.5 Å². The number of hydrogen-bond donors (Lipinski definition) is 0. The van der Waals surface area contributed by atoms with E-state index in [1.54, 1.807) is 59.3 Å². The van der Waals surface area contributed by atoms with Crippen molar-refractivity contribution in [3.05, 3.63) is 70.1 Å². The first kappa shape index (κ1) is 33.8.